The van der Waals surface area contributed by atoms with Gasteiger partial charge in [0.15, 0.2) is 0 Å². The maximum Gasteiger partial charge on any atom is 0.268 e. The number of hydrogen-bond acceptors (Lipinski definition) is 4. The van der Waals surface area contributed by atoms with Crippen molar-refractivity contribution in [2.75, 3.05) is 5.73 Å². The summed E-state index contributed by atoms with van der Waals surface area (Å²) in [5, 5.41) is 11.6. The molecule has 162 valence electrons. The molecule has 1 aromatic heterocycles. The molecular formula is C26H18ClN3O2S. The Balaban J connectivity index is 1.96. The number of nitriles is 1. The molecule has 1 heterocycles. The molecule has 0 fully saturated rings. The van der Waals surface area contributed by atoms with Gasteiger partial charge >= 0.3 is 0 Å². The summed E-state index contributed by atoms with van der Waals surface area (Å²) < 4.78 is 29.0. The van der Waals surface area contributed by atoms with Crippen molar-refractivity contribution in [2.24, 2.45) is 0 Å². The molecule has 0 spiro atoms. The van der Waals surface area contributed by atoms with Crippen molar-refractivity contribution in [3.8, 4) is 17.2 Å². The summed E-state index contributed by atoms with van der Waals surface area (Å²) >= 11 is 6.19. The summed E-state index contributed by atoms with van der Waals surface area (Å²) in [5.74, 6) is 0. The van der Waals surface area contributed by atoms with Crippen LogP contribution >= 0.6 is 11.6 Å². The molecule has 0 aliphatic heterocycles. The first kappa shape index (κ1) is 21.1. The van der Waals surface area contributed by atoms with Crippen LogP contribution in [0.5, 0.6) is 0 Å². The summed E-state index contributed by atoms with van der Waals surface area (Å²) in [4.78, 5) is 0.169. The van der Waals surface area contributed by atoms with Crippen LogP contribution in [0.3, 0.4) is 0 Å². The molecule has 0 atom stereocenters. The fourth-order valence-corrected chi connectivity index (χ4v) is 5.91. The second kappa shape index (κ2) is 7.66. The highest BCUT2D eigenvalue weighted by Crippen LogP contribution is 2.41. The van der Waals surface area contributed by atoms with E-state index in [1.807, 2.05) is 25.1 Å². The second-order valence-corrected chi connectivity index (χ2v) is 10.1. The number of fused-ring (bicyclic) bond motifs is 3. The fraction of sp³-hybridized carbons (Fsp3) is 0.0385. The van der Waals surface area contributed by atoms with Crippen LogP contribution in [0.4, 0.5) is 5.69 Å². The van der Waals surface area contributed by atoms with Crippen LogP contribution in [0.25, 0.3) is 32.9 Å². The van der Waals surface area contributed by atoms with Crippen molar-refractivity contribution in [3.05, 3.63) is 95.0 Å². The summed E-state index contributed by atoms with van der Waals surface area (Å²) in [5.41, 5.74) is 10.1. The van der Waals surface area contributed by atoms with Crippen LogP contribution in [0.15, 0.2) is 83.8 Å². The van der Waals surface area contributed by atoms with Crippen molar-refractivity contribution in [1.82, 2.24) is 3.97 Å². The molecule has 0 aliphatic rings. The molecule has 0 amide bonds. The van der Waals surface area contributed by atoms with Gasteiger partial charge in [-0.05, 0) is 48.9 Å². The Bertz CT molecular complexity index is 1710. The number of nitrogens with zero attached hydrogens (tertiary/aromatic N) is 2. The Morgan fingerprint density at radius 1 is 0.939 bits per heavy atom. The smallest absolute Gasteiger partial charge is 0.268 e. The van der Waals surface area contributed by atoms with Gasteiger partial charge in [0.2, 0.25) is 0 Å². The van der Waals surface area contributed by atoms with Crippen LogP contribution in [-0.2, 0) is 10.0 Å². The third kappa shape index (κ3) is 3.25. The first-order valence-corrected chi connectivity index (χ1v) is 12.0. The number of aromatic nitrogens is 1. The zero-order valence-corrected chi connectivity index (χ0v) is 19.2. The fourth-order valence-electron chi connectivity index (χ4n) is 4.20. The number of para-hydroxylation sites is 1. The molecule has 4 aromatic carbocycles. The zero-order valence-electron chi connectivity index (χ0n) is 17.6. The van der Waals surface area contributed by atoms with Gasteiger partial charge in [-0.1, -0.05) is 59.6 Å². The van der Waals surface area contributed by atoms with Crippen molar-refractivity contribution in [2.45, 2.75) is 11.8 Å². The first-order chi connectivity index (χ1) is 15.8. The molecule has 0 saturated heterocycles. The first-order valence-electron chi connectivity index (χ1n) is 10.2. The number of rotatable bonds is 3. The summed E-state index contributed by atoms with van der Waals surface area (Å²) in [6.45, 7) is 1.90. The lowest BCUT2D eigenvalue weighted by Gasteiger charge is -2.13. The van der Waals surface area contributed by atoms with Gasteiger partial charge in [0.05, 0.1) is 27.2 Å². The Labute approximate surface area is 196 Å². The predicted molar refractivity (Wildman–Crippen MR) is 133 cm³/mol. The Kier molecular flexibility index (Phi) is 4.89. The standard InChI is InChI=1S/C26H18ClN3O2S/c1-16-9-11-19(12-10-16)33(31,32)30-23-8-3-2-7-20(23)25-24(30)14-21(22(15-28)26(25)29)17-5-4-6-18(27)13-17/h2-14H,29H2,1H3. The number of benzene rings is 4. The highest BCUT2D eigenvalue weighted by molar-refractivity contribution is 7.90. The van der Waals surface area contributed by atoms with Crippen LogP contribution in [0.1, 0.15) is 11.1 Å². The topological polar surface area (TPSA) is 88.9 Å². The molecule has 7 heteroatoms. The highest BCUT2D eigenvalue weighted by atomic mass is 35.5. The number of anilines is 1. The van der Waals surface area contributed by atoms with E-state index in [1.54, 1.807) is 60.7 Å². The van der Waals surface area contributed by atoms with E-state index in [2.05, 4.69) is 6.07 Å². The van der Waals surface area contributed by atoms with Crippen molar-refractivity contribution in [1.29, 1.82) is 5.26 Å². The average molecular weight is 472 g/mol. The number of aryl methyl sites for hydroxylation is 1. The molecule has 0 radical (unpaired) electrons. The van der Waals surface area contributed by atoms with Gasteiger partial charge < -0.3 is 5.73 Å². The predicted octanol–water partition coefficient (Wildman–Crippen LogP) is 6.11. The third-order valence-electron chi connectivity index (χ3n) is 5.76. The minimum absolute atomic E-state index is 0.169. The second-order valence-electron chi connectivity index (χ2n) is 7.83. The molecule has 0 bridgehead atoms. The lowest BCUT2D eigenvalue weighted by Crippen LogP contribution is -2.13. The van der Waals surface area contributed by atoms with E-state index in [0.717, 1.165) is 5.56 Å². The number of halogens is 1. The van der Waals surface area contributed by atoms with Gasteiger partial charge in [0, 0.05) is 21.4 Å². The number of nitrogens with two attached hydrogens (primary N) is 1. The monoisotopic (exact) mass is 471 g/mol. The van der Waals surface area contributed by atoms with E-state index < -0.39 is 10.0 Å². The third-order valence-corrected chi connectivity index (χ3v) is 7.74. The maximum absolute atomic E-state index is 13.8. The van der Waals surface area contributed by atoms with Gasteiger partial charge in [-0.15, -0.1) is 0 Å². The SMILES string of the molecule is Cc1ccc(S(=O)(=O)n2c3ccccc3c3c(N)c(C#N)c(-c4cccc(Cl)c4)cc32)cc1. The van der Waals surface area contributed by atoms with Crippen LogP contribution in [-0.4, -0.2) is 12.4 Å². The minimum atomic E-state index is -3.96. The van der Waals surface area contributed by atoms with E-state index >= 15 is 0 Å². The van der Waals surface area contributed by atoms with E-state index in [-0.39, 0.29) is 16.1 Å². The van der Waals surface area contributed by atoms with Gasteiger partial charge in [-0.25, -0.2) is 12.4 Å². The maximum atomic E-state index is 13.8. The molecule has 0 aliphatic carbocycles. The average Bonchev–Trinajstić information content (AvgIpc) is 3.14. The van der Waals surface area contributed by atoms with Crippen molar-refractivity contribution in [3.63, 3.8) is 0 Å². The van der Waals surface area contributed by atoms with Crippen molar-refractivity contribution >= 4 is 49.1 Å². The zero-order chi connectivity index (χ0) is 23.3. The summed E-state index contributed by atoms with van der Waals surface area (Å²) in [6, 6.07) is 24.8. The Morgan fingerprint density at radius 3 is 2.36 bits per heavy atom. The molecule has 5 aromatic rings. The molecule has 33 heavy (non-hydrogen) atoms. The van der Waals surface area contributed by atoms with Gasteiger partial charge in [0.1, 0.15) is 6.07 Å². The van der Waals surface area contributed by atoms with E-state index in [4.69, 9.17) is 17.3 Å². The van der Waals surface area contributed by atoms with Crippen LogP contribution in [0, 0.1) is 18.3 Å². The number of nitrogen functional groups attached to an aromatic ring is 1. The quantitative estimate of drug-likeness (QED) is 0.321. The Hall–Kier alpha value is -3.79. The highest BCUT2D eigenvalue weighted by Gasteiger charge is 2.26. The van der Waals surface area contributed by atoms with Gasteiger partial charge in [-0.2, -0.15) is 5.26 Å². The molecular weight excluding hydrogens is 454 g/mol. The Morgan fingerprint density at radius 2 is 1.67 bits per heavy atom. The summed E-state index contributed by atoms with van der Waals surface area (Å²) in [7, 11) is -3.96. The molecule has 2 N–H and O–H groups in total. The lowest BCUT2D eigenvalue weighted by molar-refractivity contribution is 0.590. The normalized spacial score (nSPS) is 11.7. The number of hydrogen-bond donors (Lipinski definition) is 1. The molecule has 5 nitrogen and oxygen atoms in total. The van der Waals surface area contributed by atoms with Crippen molar-refractivity contribution < 1.29 is 8.42 Å². The molecule has 0 saturated carbocycles. The largest absolute Gasteiger partial charge is 0.397 e. The van der Waals surface area contributed by atoms with Crippen LogP contribution in [0.2, 0.25) is 5.02 Å². The lowest BCUT2D eigenvalue weighted by atomic mass is 9.96. The van der Waals surface area contributed by atoms with E-state index in [0.29, 0.717) is 38.0 Å². The molecule has 0 unspecified atom stereocenters. The minimum Gasteiger partial charge on any atom is -0.397 e. The van der Waals surface area contributed by atoms with E-state index in [9.17, 15) is 13.7 Å². The summed E-state index contributed by atoms with van der Waals surface area (Å²) in [6.07, 6.45) is 0. The molecule has 5 rings (SSSR count). The van der Waals surface area contributed by atoms with Crippen LogP contribution < -0.4 is 5.73 Å². The van der Waals surface area contributed by atoms with Gasteiger partial charge in [-0.3, -0.25) is 0 Å². The van der Waals surface area contributed by atoms with Gasteiger partial charge in [0.25, 0.3) is 10.0 Å². The van der Waals surface area contributed by atoms with E-state index in [1.165, 1.54) is 3.97 Å².